The van der Waals surface area contributed by atoms with E-state index in [1.54, 1.807) is 6.07 Å². The van der Waals surface area contributed by atoms with Crippen LogP contribution in [0.15, 0.2) is 36.4 Å². The summed E-state index contributed by atoms with van der Waals surface area (Å²) < 4.78 is 5.56. The Morgan fingerprint density at radius 2 is 1.90 bits per heavy atom. The molecule has 1 aromatic heterocycles. The number of ether oxygens (including phenoxy) is 1. The third-order valence-electron chi connectivity index (χ3n) is 2.98. The van der Waals surface area contributed by atoms with Gasteiger partial charge in [-0.05, 0) is 13.8 Å². The summed E-state index contributed by atoms with van der Waals surface area (Å²) in [6.45, 7) is 5.44. The molecule has 112 valence electrons. The lowest BCUT2D eigenvalue weighted by atomic mass is 10.2. The van der Waals surface area contributed by atoms with Crippen molar-refractivity contribution in [3.8, 4) is 11.4 Å². The third-order valence-corrected chi connectivity index (χ3v) is 3.18. The number of halogens is 1. The fourth-order valence-electron chi connectivity index (χ4n) is 1.86. The number of nitrogens with zero attached hydrogens (tertiary/aromatic N) is 3. The predicted octanol–water partition coefficient (Wildman–Crippen LogP) is 3.66. The van der Waals surface area contributed by atoms with Gasteiger partial charge in [-0.2, -0.15) is 0 Å². The maximum atomic E-state index is 6.12. The molecule has 0 saturated heterocycles. The molecule has 2 aromatic rings. The standard InChI is InChI=1S/C16H20ClN3O/c1-12(2)21-10-9-20(3)15-11-14(17)18-16(19-15)13-7-5-4-6-8-13/h4-8,11-12H,9-10H2,1-3H3. The third kappa shape index (κ3) is 4.69. The Morgan fingerprint density at radius 1 is 1.19 bits per heavy atom. The summed E-state index contributed by atoms with van der Waals surface area (Å²) in [7, 11) is 1.97. The summed E-state index contributed by atoms with van der Waals surface area (Å²) in [5.74, 6) is 1.43. The van der Waals surface area contributed by atoms with E-state index in [1.807, 2.05) is 56.1 Å². The van der Waals surface area contributed by atoms with Gasteiger partial charge in [-0.15, -0.1) is 0 Å². The van der Waals surface area contributed by atoms with Crippen molar-refractivity contribution in [2.75, 3.05) is 25.1 Å². The zero-order chi connectivity index (χ0) is 15.2. The van der Waals surface area contributed by atoms with Crippen LogP contribution in [0.25, 0.3) is 11.4 Å². The molecule has 1 aromatic carbocycles. The molecule has 0 aliphatic heterocycles. The van der Waals surface area contributed by atoms with Gasteiger partial charge in [0.15, 0.2) is 5.82 Å². The lowest BCUT2D eigenvalue weighted by molar-refractivity contribution is 0.0845. The van der Waals surface area contributed by atoms with E-state index >= 15 is 0 Å². The summed E-state index contributed by atoms with van der Waals surface area (Å²) in [4.78, 5) is 10.9. The van der Waals surface area contributed by atoms with E-state index in [4.69, 9.17) is 16.3 Å². The second-order valence-electron chi connectivity index (χ2n) is 5.08. The largest absolute Gasteiger partial charge is 0.377 e. The van der Waals surface area contributed by atoms with E-state index in [2.05, 4.69) is 9.97 Å². The molecule has 0 atom stereocenters. The maximum Gasteiger partial charge on any atom is 0.163 e. The van der Waals surface area contributed by atoms with Crippen molar-refractivity contribution in [3.63, 3.8) is 0 Å². The van der Waals surface area contributed by atoms with Gasteiger partial charge in [0, 0.05) is 25.2 Å². The molecule has 0 radical (unpaired) electrons. The average Bonchev–Trinajstić information content (AvgIpc) is 2.47. The quantitative estimate of drug-likeness (QED) is 0.763. The minimum Gasteiger partial charge on any atom is -0.377 e. The Labute approximate surface area is 130 Å². The Bertz CT molecular complexity index is 575. The smallest absolute Gasteiger partial charge is 0.163 e. The van der Waals surface area contributed by atoms with E-state index in [9.17, 15) is 0 Å². The van der Waals surface area contributed by atoms with Gasteiger partial charge in [-0.1, -0.05) is 41.9 Å². The van der Waals surface area contributed by atoms with Gasteiger partial charge in [0.1, 0.15) is 11.0 Å². The number of anilines is 1. The maximum absolute atomic E-state index is 6.12. The number of rotatable bonds is 6. The highest BCUT2D eigenvalue weighted by atomic mass is 35.5. The van der Waals surface area contributed by atoms with Crippen molar-refractivity contribution in [1.29, 1.82) is 0 Å². The normalized spacial score (nSPS) is 10.9. The van der Waals surface area contributed by atoms with Crippen LogP contribution in [-0.2, 0) is 4.74 Å². The van der Waals surface area contributed by atoms with Gasteiger partial charge >= 0.3 is 0 Å². The van der Waals surface area contributed by atoms with Crippen molar-refractivity contribution in [2.45, 2.75) is 20.0 Å². The van der Waals surface area contributed by atoms with E-state index in [0.29, 0.717) is 17.6 Å². The van der Waals surface area contributed by atoms with Crippen molar-refractivity contribution < 1.29 is 4.74 Å². The molecule has 0 fully saturated rings. The molecule has 0 saturated carbocycles. The summed E-state index contributed by atoms with van der Waals surface area (Å²) in [5, 5.41) is 0.440. The fourth-order valence-corrected chi connectivity index (χ4v) is 2.04. The van der Waals surface area contributed by atoms with E-state index in [0.717, 1.165) is 17.9 Å². The van der Waals surface area contributed by atoms with Gasteiger partial charge in [-0.25, -0.2) is 9.97 Å². The lowest BCUT2D eigenvalue weighted by Crippen LogP contribution is -2.25. The Balaban J connectivity index is 2.15. The molecular formula is C16H20ClN3O. The molecule has 1 heterocycles. The van der Waals surface area contributed by atoms with Crippen molar-refractivity contribution in [1.82, 2.24) is 9.97 Å². The fraction of sp³-hybridized carbons (Fsp3) is 0.375. The van der Waals surface area contributed by atoms with Crippen molar-refractivity contribution >= 4 is 17.4 Å². The second-order valence-corrected chi connectivity index (χ2v) is 5.47. The highest BCUT2D eigenvalue weighted by molar-refractivity contribution is 6.29. The minimum absolute atomic E-state index is 0.229. The van der Waals surface area contributed by atoms with E-state index in [1.165, 1.54) is 0 Å². The predicted molar refractivity (Wildman–Crippen MR) is 86.8 cm³/mol. The molecule has 0 N–H and O–H groups in total. The van der Waals surface area contributed by atoms with Gasteiger partial charge in [0.25, 0.3) is 0 Å². The molecule has 0 aliphatic carbocycles. The molecule has 0 spiro atoms. The van der Waals surface area contributed by atoms with Crippen LogP contribution in [0.1, 0.15) is 13.8 Å². The number of benzene rings is 1. The van der Waals surface area contributed by atoms with Gasteiger partial charge < -0.3 is 9.64 Å². The summed E-state index contributed by atoms with van der Waals surface area (Å²) >= 11 is 6.12. The topological polar surface area (TPSA) is 38.2 Å². The lowest BCUT2D eigenvalue weighted by Gasteiger charge is -2.19. The van der Waals surface area contributed by atoms with Crippen LogP contribution in [0.3, 0.4) is 0 Å². The van der Waals surface area contributed by atoms with E-state index < -0.39 is 0 Å². The Kier molecular flexibility index (Phi) is 5.53. The monoisotopic (exact) mass is 305 g/mol. The van der Waals surface area contributed by atoms with Crippen LogP contribution < -0.4 is 4.90 Å². The molecule has 0 unspecified atom stereocenters. The Hall–Kier alpha value is -1.65. The molecular weight excluding hydrogens is 286 g/mol. The summed E-state index contributed by atoms with van der Waals surface area (Å²) in [6, 6.07) is 11.6. The van der Waals surface area contributed by atoms with Gasteiger partial charge in [-0.3, -0.25) is 0 Å². The molecule has 0 amide bonds. The Morgan fingerprint density at radius 3 is 2.57 bits per heavy atom. The van der Waals surface area contributed by atoms with Crippen LogP contribution in [0.4, 0.5) is 5.82 Å². The first kappa shape index (κ1) is 15.7. The number of likely N-dealkylation sites (N-methyl/N-ethyl adjacent to an activating group) is 1. The van der Waals surface area contributed by atoms with Gasteiger partial charge in [0.05, 0.1) is 12.7 Å². The second kappa shape index (κ2) is 7.38. The molecule has 21 heavy (non-hydrogen) atoms. The van der Waals surface area contributed by atoms with E-state index in [-0.39, 0.29) is 6.10 Å². The summed E-state index contributed by atoms with van der Waals surface area (Å²) in [6.07, 6.45) is 0.229. The summed E-state index contributed by atoms with van der Waals surface area (Å²) in [5.41, 5.74) is 0.952. The first-order chi connectivity index (χ1) is 10.1. The van der Waals surface area contributed by atoms with Crippen LogP contribution in [0, 0.1) is 0 Å². The van der Waals surface area contributed by atoms with Gasteiger partial charge in [0.2, 0.25) is 0 Å². The molecule has 0 bridgehead atoms. The van der Waals surface area contributed by atoms with Crippen LogP contribution >= 0.6 is 11.6 Å². The molecule has 4 nitrogen and oxygen atoms in total. The SMILES string of the molecule is CC(C)OCCN(C)c1cc(Cl)nc(-c2ccccc2)n1. The number of aromatic nitrogens is 2. The zero-order valence-corrected chi connectivity index (χ0v) is 13.3. The average molecular weight is 306 g/mol. The minimum atomic E-state index is 0.229. The molecule has 5 heteroatoms. The van der Waals surface area contributed by atoms with Crippen LogP contribution in [0.5, 0.6) is 0 Å². The van der Waals surface area contributed by atoms with Crippen molar-refractivity contribution in [2.24, 2.45) is 0 Å². The van der Waals surface area contributed by atoms with Crippen LogP contribution in [0.2, 0.25) is 5.15 Å². The van der Waals surface area contributed by atoms with Crippen LogP contribution in [-0.4, -0.2) is 36.3 Å². The highest BCUT2D eigenvalue weighted by Crippen LogP contribution is 2.21. The highest BCUT2D eigenvalue weighted by Gasteiger charge is 2.09. The molecule has 0 aliphatic rings. The number of hydrogen-bond donors (Lipinski definition) is 0. The number of hydrogen-bond acceptors (Lipinski definition) is 4. The molecule has 2 rings (SSSR count). The first-order valence-corrected chi connectivity index (χ1v) is 7.37. The van der Waals surface area contributed by atoms with Crippen molar-refractivity contribution in [3.05, 3.63) is 41.6 Å². The first-order valence-electron chi connectivity index (χ1n) is 6.99. The zero-order valence-electron chi connectivity index (χ0n) is 12.6.